The van der Waals surface area contributed by atoms with Crippen LogP contribution in [0.25, 0.3) is 21.5 Å². The van der Waals surface area contributed by atoms with E-state index in [1.54, 1.807) is 40.7 Å². The van der Waals surface area contributed by atoms with Crippen LogP contribution in [0.15, 0.2) is 46.6 Å². The topological polar surface area (TPSA) is 89.4 Å². The largest absolute Gasteiger partial charge is 0.447 e. The van der Waals surface area contributed by atoms with Gasteiger partial charge in [-0.05, 0) is 49.6 Å². The highest BCUT2D eigenvalue weighted by Gasteiger charge is 2.38. The molecule has 2 aliphatic heterocycles. The zero-order chi connectivity index (χ0) is 28.9. The zero-order valence-corrected chi connectivity index (χ0v) is 23.4. The van der Waals surface area contributed by atoms with Crippen LogP contribution in [0.1, 0.15) is 29.9 Å². The van der Waals surface area contributed by atoms with Crippen molar-refractivity contribution >= 4 is 45.6 Å². The first-order valence-corrected chi connectivity index (χ1v) is 14.3. The standard InChI is InChI=1S/C28H25ClF3N5O3S/c1-15-33-24-9-21(25-35-19(14-41-25)11-28(30,31)32)23(34-18-6-7-36-20(8-18)13-40-27(36)39)10-22(24)26(38)37(15)12-16-2-4-17(29)5-3-16/h2-5,9-10,14,18,20,34H,6-8,11-13H2,1H3/t18-,20-/m0/s1. The summed E-state index contributed by atoms with van der Waals surface area (Å²) in [5.41, 5.74) is 2.15. The van der Waals surface area contributed by atoms with Crippen molar-refractivity contribution in [1.29, 1.82) is 0 Å². The number of aryl methyl sites for hydroxylation is 1. The van der Waals surface area contributed by atoms with Gasteiger partial charge in [0.2, 0.25) is 0 Å². The van der Waals surface area contributed by atoms with Crippen LogP contribution in [0.4, 0.5) is 23.7 Å². The number of ether oxygens (including phenoxy) is 1. The molecule has 41 heavy (non-hydrogen) atoms. The van der Waals surface area contributed by atoms with Crippen molar-refractivity contribution in [2.75, 3.05) is 18.5 Å². The van der Waals surface area contributed by atoms with Crippen LogP contribution in [0.5, 0.6) is 0 Å². The molecular formula is C28H25ClF3N5O3S. The van der Waals surface area contributed by atoms with Gasteiger partial charge in [0.05, 0.1) is 35.6 Å². The Bertz CT molecular complexity index is 1690. The number of carbonyl (C=O) groups is 1. The first kappa shape index (κ1) is 27.5. The summed E-state index contributed by atoms with van der Waals surface area (Å²) in [6.07, 6.45) is -4.54. The molecule has 4 heterocycles. The first-order valence-electron chi connectivity index (χ1n) is 13.0. The average molecular weight is 604 g/mol. The number of fused-ring (bicyclic) bond motifs is 2. The molecule has 1 N–H and O–H groups in total. The van der Waals surface area contributed by atoms with Crippen molar-refractivity contribution in [3.63, 3.8) is 0 Å². The number of rotatable bonds is 6. The normalized spacial score (nSPS) is 19.0. The Morgan fingerprint density at radius 3 is 2.71 bits per heavy atom. The number of thiazole rings is 1. The van der Waals surface area contributed by atoms with Crippen LogP contribution in [0.3, 0.4) is 0 Å². The Hall–Kier alpha value is -3.64. The van der Waals surface area contributed by atoms with Crippen molar-refractivity contribution in [3.8, 4) is 10.6 Å². The zero-order valence-electron chi connectivity index (χ0n) is 21.9. The number of hydrogen-bond donors (Lipinski definition) is 1. The third-order valence-electron chi connectivity index (χ3n) is 7.41. The van der Waals surface area contributed by atoms with E-state index in [2.05, 4.69) is 15.3 Å². The molecular weight excluding hydrogens is 579 g/mol. The van der Waals surface area contributed by atoms with Gasteiger partial charge in [-0.1, -0.05) is 23.7 Å². The molecule has 0 spiro atoms. The molecule has 0 radical (unpaired) electrons. The molecule has 1 amide bonds. The summed E-state index contributed by atoms with van der Waals surface area (Å²) in [6.45, 7) is 2.88. The van der Waals surface area contributed by atoms with Gasteiger partial charge in [-0.3, -0.25) is 9.36 Å². The van der Waals surface area contributed by atoms with Crippen molar-refractivity contribution in [3.05, 3.63) is 74.2 Å². The Labute approximate surface area is 241 Å². The highest BCUT2D eigenvalue weighted by molar-refractivity contribution is 7.13. The highest BCUT2D eigenvalue weighted by atomic mass is 35.5. The second kappa shape index (κ2) is 10.6. The fraction of sp³-hybridized carbons (Fsp3) is 0.357. The summed E-state index contributed by atoms with van der Waals surface area (Å²) in [7, 11) is 0. The van der Waals surface area contributed by atoms with Gasteiger partial charge in [0.25, 0.3) is 5.56 Å². The Morgan fingerprint density at radius 2 is 1.95 bits per heavy atom. The number of carbonyl (C=O) groups excluding carboxylic acids is 1. The third kappa shape index (κ3) is 5.76. The van der Waals surface area contributed by atoms with Gasteiger partial charge in [0.15, 0.2) is 0 Å². The molecule has 0 saturated carbocycles. The van der Waals surface area contributed by atoms with Crippen molar-refractivity contribution in [1.82, 2.24) is 19.4 Å². The van der Waals surface area contributed by atoms with E-state index in [0.29, 0.717) is 70.5 Å². The Balaban J connectivity index is 1.40. The lowest BCUT2D eigenvalue weighted by Gasteiger charge is -2.33. The van der Waals surface area contributed by atoms with Crippen LogP contribution >= 0.6 is 22.9 Å². The van der Waals surface area contributed by atoms with Crippen LogP contribution in [0.2, 0.25) is 5.02 Å². The molecule has 8 nitrogen and oxygen atoms in total. The molecule has 2 saturated heterocycles. The van der Waals surface area contributed by atoms with Crippen LogP contribution < -0.4 is 10.9 Å². The molecule has 2 aromatic heterocycles. The molecule has 0 unspecified atom stereocenters. The number of cyclic esters (lactones) is 1. The molecule has 6 rings (SSSR count). The predicted octanol–water partition coefficient (Wildman–Crippen LogP) is 6.03. The lowest BCUT2D eigenvalue weighted by Crippen LogP contribution is -2.45. The maximum absolute atomic E-state index is 13.7. The summed E-state index contributed by atoms with van der Waals surface area (Å²) in [4.78, 5) is 36.4. The molecule has 214 valence electrons. The fourth-order valence-electron chi connectivity index (χ4n) is 5.40. The fourth-order valence-corrected chi connectivity index (χ4v) is 6.38. The number of amides is 1. The van der Waals surface area contributed by atoms with E-state index < -0.39 is 12.6 Å². The number of nitrogens with zero attached hydrogens (tertiary/aromatic N) is 4. The van der Waals surface area contributed by atoms with E-state index in [1.807, 2.05) is 12.1 Å². The van der Waals surface area contributed by atoms with Gasteiger partial charge in [0, 0.05) is 34.2 Å². The number of benzene rings is 2. The van der Waals surface area contributed by atoms with Gasteiger partial charge >= 0.3 is 12.3 Å². The smallest absolute Gasteiger partial charge is 0.410 e. The minimum atomic E-state index is -4.38. The molecule has 0 aliphatic carbocycles. The van der Waals surface area contributed by atoms with Crippen molar-refractivity contribution < 1.29 is 22.7 Å². The van der Waals surface area contributed by atoms with Crippen LogP contribution in [-0.4, -0.2) is 56.9 Å². The van der Waals surface area contributed by atoms with E-state index >= 15 is 0 Å². The average Bonchev–Trinajstić information content (AvgIpc) is 3.53. The molecule has 2 aromatic carbocycles. The van der Waals surface area contributed by atoms with E-state index in [4.69, 9.17) is 16.3 Å². The molecule has 2 fully saturated rings. The molecule has 2 atom stereocenters. The number of alkyl halides is 3. The number of hydrogen-bond acceptors (Lipinski definition) is 7. The molecule has 0 bridgehead atoms. The number of piperidine rings is 1. The first-order chi connectivity index (χ1) is 19.5. The number of anilines is 1. The van der Waals surface area contributed by atoms with Crippen molar-refractivity contribution in [2.24, 2.45) is 0 Å². The minimum Gasteiger partial charge on any atom is -0.447 e. The molecule has 13 heteroatoms. The number of halogens is 4. The van der Waals surface area contributed by atoms with E-state index in [1.165, 1.54) is 5.38 Å². The second-order valence-corrected chi connectivity index (χ2v) is 11.6. The summed E-state index contributed by atoms with van der Waals surface area (Å²) in [6, 6.07) is 10.5. The van der Waals surface area contributed by atoms with Gasteiger partial charge < -0.3 is 15.0 Å². The maximum atomic E-state index is 13.7. The second-order valence-electron chi connectivity index (χ2n) is 10.3. The summed E-state index contributed by atoms with van der Waals surface area (Å²) < 4.78 is 45.9. The minimum absolute atomic E-state index is 0.0498. The van der Waals surface area contributed by atoms with Gasteiger partial charge in [-0.15, -0.1) is 11.3 Å². The van der Waals surface area contributed by atoms with E-state index in [0.717, 1.165) is 16.9 Å². The van der Waals surface area contributed by atoms with Crippen LogP contribution in [-0.2, 0) is 17.7 Å². The van der Waals surface area contributed by atoms with Crippen LogP contribution in [0, 0.1) is 6.92 Å². The lowest BCUT2D eigenvalue weighted by atomic mass is 9.97. The summed E-state index contributed by atoms with van der Waals surface area (Å²) in [5.74, 6) is 0.499. The summed E-state index contributed by atoms with van der Waals surface area (Å²) in [5, 5.41) is 6.27. The van der Waals surface area contributed by atoms with Gasteiger partial charge in [0.1, 0.15) is 17.4 Å². The predicted molar refractivity (Wildman–Crippen MR) is 151 cm³/mol. The quantitative estimate of drug-likeness (QED) is 0.289. The molecule has 4 aromatic rings. The SMILES string of the molecule is Cc1nc2cc(-c3nc(CC(F)(F)F)cs3)c(N[C@H]3CCN4C(=O)OC[C@@H]4C3)cc2c(=O)n1Cc1ccc(Cl)cc1. The van der Waals surface area contributed by atoms with E-state index in [-0.39, 0.29) is 29.4 Å². The number of nitrogens with one attached hydrogen (secondary N) is 1. The van der Waals surface area contributed by atoms with E-state index in [9.17, 15) is 22.8 Å². The van der Waals surface area contributed by atoms with Crippen molar-refractivity contribution in [2.45, 2.75) is 51.0 Å². The molecule has 2 aliphatic rings. The van der Waals surface area contributed by atoms with Gasteiger partial charge in [-0.2, -0.15) is 13.2 Å². The Morgan fingerprint density at radius 1 is 1.17 bits per heavy atom. The van der Waals surface area contributed by atoms with Gasteiger partial charge in [-0.25, -0.2) is 14.8 Å². The Kier molecular flexibility index (Phi) is 7.14. The maximum Gasteiger partial charge on any atom is 0.410 e. The summed E-state index contributed by atoms with van der Waals surface area (Å²) >= 11 is 7.13. The number of aromatic nitrogens is 3. The monoisotopic (exact) mass is 603 g/mol. The highest BCUT2D eigenvalue weighted by Crippen LogP contribution is 2.36. The third-order valence-corrected chi connectivity index (χ3v) is 8.59. The lowest BCUT2D eigenvalue weighted by molar-refractivity contribution is -0.127.